The summed E-state index contributed by atoms with van der Waals surface area (Å²) >= 11 is 6.13. The zero-order chi connectivity index (χ0) is 23.4. The fourth-order valence-electron chi connectivity index (χ4n) is 3.58. The van der Waals surface area contributed by atoms with Gasteiger partial charge >= 0.3 is 0 Å². The minimum absolute atomic E-state index is 0.140. The standard InChI is InChI=1S/C22H24ClN7O2S/c1-26-33(31)16-5-6-18(30-7-9-32-10-8-30)17(12-16)29-22-19(21(25)27-13-28-22)20(24)14-3-2-4-15(23)11-14/h2-6,11-13,24,26H,7-10H2,1H3,(H3,25,27,28,29). The summed E-state index contributed by atoms with van der Waals surface area (Å²) in [6.07, 6.45) is 1.34. The van der Waals surface area contributed by atoms with Crippen molar-refractivity contribution in [1.29, 1.82) is 5.41 Å². The summed E-state index contributed by atoms with van der Waals surface area (Å²) < 4.78 is 20.6. The Balaban J connectivity index is 1.77. The summed E-state index contributed by atoms with van der Waals surface area (Å²) in [6, 6.07) is 12.5. The minimum Gasteiger partial charge on any atom is -0.383 e. The van der Waals surface area contributed by atoms with E-state index in [4.69, 9.17) is 27.5 Å². The van der Waals surface area contributed by atoms with Crippen molar-refractivity contribution in [3.8, 4) is 0 Å². The Morgan fingerprint density at radius 1 is 1.21 bits per heavy atom. The van der Waals surface area contributed by atoms with Crippen LogP contribution in [-0.4, -0.2) is 53.2 Å². The van der Waals surface area contributed by atoms with Gasteiger partial charge in [0.2, 0.25) is 0 Å². The smallest absolute Gasteiger partial charge is 0.145 e. The van der Waals surface area contributed by atoms with E-state index in [1.54, 1.807) is 31.3 Å². The van der Waals surface area contributed by atoms with E-state index in [1.807, 2.05) is 18.2 Å². The number of nitrogen functional groups attached to an aromatic ring is 1. The molecular formula is C22H24ClN7O2S. The lowest BCUT2D eigenvalue weighted by atomic mass is 10.0. The van der Waals surface area contributed by atoms with Gasteiger partial charge in [0, 0.05) is 23.7 Å². The Hall–Kier alpha value is -3.05. The van der Waals surface area contributed by atoms with E-state index in [1.165, 1.54) is 6.33 Å². The zero-order valence-corrected chi connectivity index (χ0v) is 19.5. The van der Waals surface area contributed by atoms with Gasteiger partial charge in [0.25, 0.3) is 0 Å². The zero-order valence-electron chi connectivity index (χ0n) is 18.0. The summed E-state index contributed by atoms with van der Waals surface area (Å²) in [5.41, 5.74) is 8.86. The van der Waals surface area contributed by atoms with E-state index >= 15 is 0 Å². The van der Waals surface area contributed by atoms with Gasteiger partial charge in [0.15, 0.2) is 0 Å². The molecule has 2 aromatic carbocycles. The molecule has 11 heteroatoms. The molecule has 33 heavy (non-hydrogen) atoms. The Labute approximate surface area is 199 Å². The number of nitrogens with one attached hydrogen (secondary N) is 3. The highest BCUT2D eigenvalue weighted by molar-refractivity contribution is 7.83. The topological polar surface area (TPSA) is 129 Å². The van der Waals surface area contributed by atoms with Crippen LogP contribution in [0.25, 0.3) is 0 Å². The Morgan fingerprint density at radius 3 is 2.73 bits per heavy atom. The van der Waals surface area contributed by atoms with Gasteiger partial charge in [0.1, 0.15) is 28.9 Å². The molecule has 9 nitrogen and oxygen atoms in total. The third-order valence-electron chi connectivity index (χ3n) is 5.21. The van der Waals surface area contributed by atoms with Crippen molar-refractivity contribution in [3.05, 3.63) is 64.9 Å². The maximum absolute atomic E-state index is 12.4. The third kappa shape index (κ3) is 5.14. The number of nitrogens with two attached hydrogens (primary N) is 1. The molecule has 3 aromatic rings. The van der Waals surface area contributed by atoms with Crippen LogP contribution in [0.5, 0.6) is 0 Å². The van der Waals surface area contributed by atoms with E-state index in [9.17, 15) is 4.21 Å². The lowest BCUT2D eigenvalue weighted by Gasteiger charge is -2.31. The predicted molar refractivity (Wildman–Crippen MR) is 132 cm³/mol. The summed E-state index contributed by atoms with van der Waals surface area (Å²) in [7, 11) is 0.263. The fraction of sp³-hybridized carbons (Fsp3) is 0.227. The molecule has 2 heterocycles. The average molecular weight is 486 g/mol. The highest BCUT2D eigenvalue weighted by Gasteiger charge is 2.21. The number of ether oxygens (including phenoxy) is 1. The maximum atomic E-state index is 12.4. The predicted octanol–water partition coefficient (Wildman–Crippen LogP) is 2.95. The summed E-state index contributed by atoms with van der Waals surface area (Å²) in [5, 5.41) is 12.6. The number of rotatable bonds is 7. The molecule has 1 aliphatic rings. The number of anilines is 4. The molecule has 1 unspecified atom stereocenters. The van der Waals surface area contributed by atoms with Crippen LogP contribution in [0.2, 0.25) is 5.02 Å². The monoisotopic (exact) mass is 485 g/mol. The first-order chi connectivity index (χ1) is 16.0. The molecule has 0 bridgehead atoms. The van der Waals surface area contributed by atoms with Crippen molar-refractivity contribution >= 4 is 51.3 Å². The molecule has 0 spiro atoms. The first-order valence-electron chi connectivity index (χ1n) is 10.3. The minimum atomic E-state index is -1.37. The van der Waals surface area contributed by atoms with Gasteiger partial charge in [-0.15, -0.1) is 0 Å². The quantitative estimate of drug-likeness (QED) is 0.378. The van der Waals surface area contributed by atoms with Crippen molar-refractivity contribution in [3.63, 3.8) is 0 Å². The van der Waals surface area contributed by atoms with Gasteiger partial charge in [-0.2, -0.15) is 0 Å². The van der Waals surface area contributed by atoms with Crippen LogP contribution >= 0.6 is 11.6 Å². The van der Waals surface area contributed by atoms with E-state index in [0.29, 0.717) is 45.8 Å². The van der Waals surface area contributed by atoms with E-state index < -0.39 is 11.0 Å². The number of benzene rings is 2. The summed E-state index contributed by atoms with van der Waals surface area (Å²) in [6.45, 7) is 2.68. The molecule has 0 amide bonds. The largest absolute Gasteiger partial charge is 0.383 e. The van der Waals surface area contributed by atoms with Crippen LogP contribution in [-0.2, 0) is 15.7 Å². The second kappa shape index (κ2) is 10.3. The number of morpholine rings is 1. The fourth-order valence-corrected chi connectivity index (χ4v) is 4.43. The summed E-state index contributed by atoms with van der Waals surface area (Å²) in [5.74, 6) is 0.537. The Kier molecular flexibility index (Phi) is 7.19. The first-order valence-corrected chi connectivity index (χ1v) is 11.8. The molecule has 1 aliphatic heterocycles. The molecular weight excluding hydrogens is 462 g/mol. The van der Waals surface area contributed by atoms with Crippen molar-refractivity contribution in [1.82, 2.24) is 14.7 Å². The third-order valence-corrected chi connectivity index (χ3v) is 6.50. The molecule has 1 atom stereocenters. The molecule has 0 radical (unpaired) electrons. The normalized spacial score (nSPS) is 14.7. The van der Waals surface area contributed by atoms with Crippen molar-refractivity contribution in [2.75, 3.05) is 49.3 Å². The van der Waals surface area contributed by atoms with E-state index in [2.05, 4.69) is 24.9 Å². The molecule has 4 rings (SSSR count). The van der Waals surface area contributed by atoms with Gasteiger partial charge < -0.3 is 20.7 Å². The SMILES string of the molecule is CNS(=O)c1ccc(N2CCOCC2)c(Nc2ncnc(N)c2C(=N)c2cccc(Cl)c2)c1. The molecule has 1 aromatic heterocycles. The van der Waals surface area contributed by atoms with Crippen LogP contribution in [0, 0.1) is 5.41 Å². The van der Waals surface area contributed by atoms with Gasteiger partial charge in [0.05, 0.1) is 40.8 Å². The lowest BCUT2D eigenvalue weighted by molar-refractivity contribution is 0.123. The van der Waals surface area contributed by atoms with Crippen LogP contribution in [0.1, 0.15) is 11.1 Å². The van der Waals surface area contributed by atoms with Gasteiger partial charge in [-0.1, -0.05) is 23.7 Å². The van der Waals surface area contributed by atoms with Gasteiger partial charge in [-0.05, 0) is 37.4 Å². The van der Waals surface area contributed by atoms with E-state index in [0.717, 1.165) is 18.8 Å². The van der Waals surface area contributed by atoms with Crippen molar-refractivity contribution in [2.24, 2.45) is 0 Å². The number of hydrogen-bond donors (Lipinski definition) is 4. The average Bonchev–Trinajstić information content (AvgIpc) is 2.84. The lowest BCUT2D eigenvalue weighted by Crippen LogP contribution is -2.36. The molecule has 1 saturated heterocycles. The van der Waals surface area contributed by atoms with E-state index in [-0.39, 0.29) is 11.5 Å². The second-order valence-corrected chi connectivity index (χ2v) is 9.10. The number of hydrogen-bond acceptors (Lipinski definition) is 8. The molecule has 172 valence electrons. The van der Waals surface area contributed by atoms with Gasteiger partial charge in [-0.25, -0.2) is 18.9 Å². The molecule has 1 fully saturated rings. The Bertz CT molecular complexity index is 1200. The number of halogens is 1. The first kappa shape index (κ1) is 23.1. The van der Waals surface area contributed by atoms with Gasteiger partial charge in [-0.3, -0.25) is 5.41 Å². The maximum Gasteiger partial charge on any atom is 0.145 e. The van der Waals surface area contributed by atoms with Crippen molar-refractivity contribution < 1.29 is 8.95 Å². The highest BCUT2D eigenvalue weighted by atomic mass is 35.5. The highest BCUT2D eigenvalue weighted by Crippen LogP contribution is 2.33. The number of nitrogens with zero attached hydrogens (tertiary/aromatic N) is 3. The molecule has 5 N–H and O–H groups in total. The van der Waals surface area contributed by atoms with Crippen LogP contribution in [0.4, 0.5) is 23.0 Å². The Morgan fingerprint density at radius 2 is 2.00 bits per heavy atom. The molecule has 0 saturated carbocycles. The van der Waals surface area contributed by atoms with Crippen LogP contribution in [0.3, 0.4) is 0 Å². The number of aromatic nitrogens is 2. The van der Waals surface area contributed by atoms with Crippen LogP contribution in [0.15, 0.2) is 53.7 Å². The van der Waals surface area contributed by atoms with Crippen molar-refractivity contribution in [2.45, 2.75) is 4.90 Å². The second-order valence-electron chi connectivity index (χ2n) is 7.24. The molecule has 0 aliphatic carbocycles. The summed E-state index contributed by atoms with van der Waals surface area (Å²) in [4.78, 5) is 11.3. The van der Waals surface area contributed by atoms with Crippen LogP contribution < -0.4 is 20.7 Å².